The average Bonchev–Trinajstić information content (AvgIpc) is 2.94. The van der Waals surface area contributed by atoms with E-state index in [-0.39, 0.29) is 11.8 Å². The van der Waals surface area contributed by atoms with E-state index in [4.69, 9.17) is 9.72 Å². The van der Waals surface area contributed by atoms with E-state index in [2.05, 4.69) is 16.1 Å². The second kappa shape index (κ2) is 14.9. The number of nitrogens with one attached hydrogen (secondary N) is 3. The molecule has 4 N–H and O–H groups in total. The number of rotatable bonds is 11. The van der Waals surface area contributed by atoms with Crippen molar-refractivity contribution < 1.29 is 29.0 Å². The summed E-state index contributed by atoms with van der Waals surface area (Å²) in [6, 6.07) is 7.26. The second-order valence-electron chi connectivity index (χ2n) is 11.2. The normalized spacial score (nSPS) is 18.4. The highest BCUT2D eigenvalue weighted by atomic mass is 16.5. The maximum absolute atomic E-state index is 13.1. The number of carbonyl (C=O) groups is 4. The predicted octanol–water partition coefficient (Wildman–Crippen LogP) is 2.78. The Balaban J connectivity index is 1.60. The molecule has 1 aliphatic heterocycles. The van der Waals surface area contributed by atoms with Crippen LogP contribution in [0.2, 0.25) is 0 Å². The van der Waals surface area contributed by atoms with Crippen LogP contribution in [0.25, 0.3) is 17.0 Å². The number of hydrogen-bond acceptors (Lipinski definition) is 8. The van der Waals surface area contributed by atoms with Gasteiger partial charge in [0.25, 0.3) is 5.91 Å². The van der Waals surface area contributed by atoms with Crippen LogP contribution in [0.15, 0.2) is 36.4 Å². The lowest BCUT2D eigenvalue weighted by Crippen LogP contribution is -2.60. The van der Waals surface area contributed by atoms with Crippen molar-refractivity contribution in [2.75, 3.05) is 6.54 Å². The Morgan fingerprint density at radius 2 is 1.83 bits per heavy atom. The monoisotopic (exact) mass is 581 g/mol. The first-order valence-corrected chi connectivity index (χ1v) is 14.5. The lowest BCUT2D eigenvalue weighted by Gasteiger charge is -2.35. The van der Waals surface area contributed by atoms with Crippen molar-refractivity contribution >= 4 is 40.7 Å². The van der Waals surface area contributed by atoms with Gasteiger partial charge < -0.3 is 20.5 Å². The molecule has 1 aliphatic rings. The quantitative estimate of drug-likeness (QED) is 0.296. The molecule has 11 nitrogen and oxygen atoms in total. The standard InChI is InChI=1S/C31H43N5O6/c1-18(2)28(33-22(6)38)29(39)32-20(4)30(40)36-16-8-11-26(35-36)31(41)42-21(5)25-15-14-24-13-12-23(17-27(24)34-25)10-7-9-19(3)37/h7,10,12-15,17-21,26,28,35,37H,8-9,11,16H2,1-6H3,(H,32,39)(H,33,38)/b10-7+/t19-,20-,21+,26-,28-/m0/s1. The molecular weight excluding hydrogens is 538 g/mol. The van der Waals surface area contributed by atoms with Crippen LogP contribution in [-0.4, -0.2) is 69.6 Å². The molecule has 2 aromatic rings. The lowest BCUT2D eigenvalue weighted by molar-refractivity contribution is -0.157. The van der Waals surface area contributed by atoms with Gasteiger partial charge in [0.05, 0.1) is 17.3 Å². The Labute approximate surface area is 247 Å². The van der Waals surface area contributed by atoms with E-state index in [9.17, 15) is 24.3 Å². The van der Waals surface area contributed by atoms with Crippen LogP contribution in [0.3, 0.4) is 0 Å². The van der Waals surface area contributed by atoms with Gasteiger partial charge in [-0.25, -0.2) is 10.4 Å². The van der Waals surface area contributed by atoms with Gasteiger partial charge in [0.1, 0.15) is 24.2 Å². The van der Waals surface area contributed by atoms with Crippen LogP contribution in [0.4, 0.5) is 0 Å². The highest BCUT2D eigenvalue weighted by molar-refractivity contribution is 5.92. The van der Waals surface area contributed by atoms with Crippen LogP contribution in [0, 0.1) is 5.92 Å². The Morgan fingerprint density at radius 3 is 2.50 bits per heavy atom. The maximum Gasteiger partial charge on any atom is 0.325 e. The Morgan fingerprint density at radius 1 is 1.12 bits per heavy atom. The van der Waals surface area contributed by atoms with Crippen molar-refractivity contribution in [1.29, 1.82) is 0 Å². The van der Waals surface area contributed by atoms with E-state index >= 15 is 0 Å². The topological polar surface area (TPSA) is 150 Å². The van der Waals surface area contributed by atoms with E-state index in [1.54, 1.807) is 34.6 Å². The number of amides is 3. The van der Waals surface area contributed by atoms with Gasteiger partial charge in [-0.05, 0) is 63.6 Å². The van der Waals surface area contributed by atoms with Crippen LogP contribution < -0.4 is 16.1 Å². The van der Waals surface area contributed by atoms with E-state index < -0.39 is 48.1 Å². The van der Waals surface area contributed by atoms with Crippen LogP contribution in [-0.2, 0) is 23.9 Å². The number of nitrogens with zero attached hydrogens (tertiary/aromatic N) is 2. The molecule has 42 heavy (non-hydrogen) atoms. The summed E-state index contributed by atoms with van der Waals surface area (Å²) < 4.78 is 5.74. The van der Waals surface area contributed by atoms with E-state index in [0.29, 0.717) is 31.5 Å². The lowest BCUT2D eigenvalue weighted by atomic mass is 10.0. The molecule has 1 aromatic carbocycles. The second-order valence-corrected chi connectivity index (χ2v) is 11.2. The number of benzene rings is 1. The maximum atomic E-state index is 13.1. The molecule has 0 bridgehead atoms. The summed E-state index contributed by atoms with van der Waals surface area (Å²) in [7, 11) is 0. The third kappa shape index (κ3) is 9.09. The zero-order valence-corrected chi connectivity index (χ0v) is 25.2. The Bertz CT molecular complexity index is 1310. The number of hydrogen-bond donors (Lipinski definition) is 4. The average molecular weight is 582 g/mol. The number of hydrazine groups is 1. The third-order valence-electron chi connectivity index (χ3n) is 7.01. The number of carbonyl (C=O) groups excluding carboxylic acids is 4. The molecule has 1 fully saturated rings. The van der Waals surface area contributed by atoms with Crippen molar-refractivity contribution in [3.8, 4) is 0 Å². The van der Waals surface area contributed by atoms with Gasteiger partial charge in [0.2, 0.25) is 11.8 Å². The van der Waals surface area contributed by atoms with Crippen molar-refractivity contribution in [1.82, 2.24) is 26.1 Å². The summed E-state index contributed by atoms with van der Waals surface area (Å²) in [5, 5.41) is 17.0. The first kappa shape index (κ1) is 32.7. The zero-order valence-electron chi connectivity index (χ0n) is 25.2. The van der Waals surface area contributed by atoms with Gasteiger partial charge >= 0.3 is 5.97 Å². The van der Waals surface area contributed by atoms with Crippen molar-refractivity contribution in [2.45, 2.75) is 91.1 Å². The molecule has 3 amide bonds. The molecule has 228 valence electrons. The van der Waals surface area contributed by atoms with Crippen LogP contribution in [0.5, 0.6) is 0 Å². The zero-order chi connectivity index (χ0) is 31.0. The number of aliphatic hydroxyl groups is 1. The largest absolute Gasteiger partial charge is 0.455 e. The number of aromatic nitrogens is 1. The molecular formula is C31H43N5O6. The molecule has 0 aliphatic carbocycles. The van der Waals surface area contributed by atoms with E-state index in [0.717, 1.165) is 16.5 Å². The van der Waals surface area contributed by atoms with E-state index in [1.165, 1.54) is 11.9 Å². The summed E-state index contributed by atoms with van der Waals surface area (Å²) in [6.07, 6.45) is 4.44. The molecule has 1 aromatic heterocycles. The van der Waals surface area contributed by atoms with Crippen LogP contribution in [0.1, 0.15) is 78.2 Å². The van der Waals surface area contributed by atoms with Gasteiger partial charge in [-0.3, -0.25) is 24.2 Å². The molecule has 0 radical (unpaired) electrons. The minimum Gasteiger partial charge on any atom is -0.455 e. The molecule has 1 saturated heterocycles. The van der Waals surface area contributed by atoms with Gasteiger partial charge in [-0.1, -0.05) is 44.2 Å². The summed E-state index contributed by atoms with van der Waals surface area (Å²) in [6.45, 7) is 10.4. The van der Waals surface area contributed by atoms with Crippen molar-refractivity contribution in [2.24, 2.45) is 5.92 Å². The fraction of sp³-hybridized carbons (Fsp3) is 0.516. The van der Waals surface area contributed by atoms with Crippen molar-refractivity contribution in [3.63, 3.8) is 0 Å². The summed E-state index contributed by atoms with van der Waals surface area (Å²) >= 11 is 0. The van der Waals surface area contributed by atoms with Gasteiger partial charge in [-0.15, -0.1) is 0 Å². The summed E-state index contributed by atoms with van der Waals surface area (Å²) in [4.78, 5) is 55.1. The number of pyridine rings is 1. The minimum atomic E-state index is -0.873. The fourth-order valence-electron chi connectivity index (χ4n) is 4.67. The Kier molecular flexibility index (Phi) is 11.6. The minimum absolute atomic E-state index is 0.165. The Hall–Kier alpha value is -3.83. The van der Waals surface area contributed by atoms with Crippen LogP contribution >= 0.6 is 0 Å². The fourth-order valence-corrected chi connectivity index (χ4v) is 4.67. The highest BCUT2D eigenvalue weighted by Gasteiger charge is 2.33. The molecule has 11 heteroatoms. The molecule has 3 rings (SSSR count). The number of ether oxygens (including phenoxy) is 1. The first-order valence-electron chi connectivity index (χ1n) is 14.5. The van der Waals surface area contributed by atoms with Gasteiger partial charge in [-0.2, -0.15) is 0 Å². The highest BCUT2D eigenvalue weighted by Crippen LogP contribution is 2.22. The molecule has 0 spiro atoms. The SMILES string of the molecule is CC(=O)N[C@H](C(=O)N[C@@H](C)C(=O)N1CCC[C@@H](C(=O)O[C@H](C)c2ccc3ccc(/C=C/C[C@H](C)O)cc3n2)N1)C(C)C. The molecule has 2 heterocycles. The molecule has 5 atom stereocenters. The predicted molar refractivity (Wildman–Crippen MR) is 159 cm³/mol. The molecule has 0 saturated carbocycles. The number of esters is 1. The number of aliphatic hydroxyl groups excluding tert-OH is 1. The van der Waals surface area contributed by atoms with Gasteiger partial charge in [0.15, 0.2) is 0 Å². The smallest absolute Gasteiger partial charge is 0.325 e. The summed E-state index contributed by atoms with van der Waals surface area (Å²) in [5.41, 5.74) is 5.27. The summed E-state index contributed by atoms with van der Waals surface area (Å²) in [5.74, 6) is -1.84. The molecule has 0 unspecified atom stereocenters. The number of fused-ring (bicyclic) bond motifs is 1. The van der Waals surface area contributed by atoms with Gasteiger partial charge in [0, 0.05) is 18.9 Å². The third-order valence-corrected chi connectivity index (χ3v) is 7.01. The first-order chi connectivity index (χ1) is 19.8. The van der Waals surface area contributed by atoms with E-state index in [1.807, 2.05) is 42.5 Å². The van der Waals surface area contributed by atoms with Crippen molar-refractivity contribution in [3.05, 3.63) is 47.7 Å².